The first-order chi connectivity index (χ1) is 9.88. The average Bonchev–Trinajstić information content (AvgIpc) is 2.40. The molecule has 1 aromatic carbocycles. The third-order valence-corrected chi connectivity index (χ3v) is 2.90. The van der Waals surface area contributed by atoms with E-state index in [-0.39, 0.29) is 22.8 Å². The molecule has 0 spiro atoms. The van der Waals surface area contributed by atoms with Gasteiger partial charge in [0.2, 0.25) is 5.88 Å². The minimum Gasteiger partial charge on any atom is -0.477 e. The Labute approximate surface area is 126 Å². The Balaban J connectivity index is 2.37. The first-order valence-corrected chi connectivity index (χ1v) is 6.34. The summed E-state index contributed by atoms with van der Waals surface area (Å²) in [6.45, 7) is 0. The number of aromatic carboxylic acids is 1. The molecular formula is C13H8BrFN2O4. The van der Waals surface area contributed by atoms with Crippen LogP contribution in [-0.4, -0.2) is 22.0 Å². The molecule has 0 fully saturated rings. The molecule has 6 nitrogen and oxygen atoms in total. The van der Waals surface area contributed by atoms with Crippen molar-refractivity contribution >= 4 is 27.8 Å². The number of nitrogens with zero attached hydrogens (tertiary/aromatic N) is 1. The molecule has 2 rings (SSSR count). The lowest BCUT2D eigenvalue weighted by molar-refractivity contribution is 0.0693. The van der Waals surface area contributed by atoms with E-state index in [0.717, 1.165) is 12.1 Å². The molecule has 0 aliphatic rings. The SMILES string of the molecule is NC(=O)c1ccc(Oc2ncc(Br)cc2C(=O)O)cc1F. The molecule has 0 aliphatic heterocycles. The van der Waals surface area contributed by atoms with E-state index in [2.05, 4.69) is 20.9 Å². The van der Waals surface area contributed by atoms with Crippen molar-refractivity contribution < 1.29 is 23.8 Å². The summed E-state index contributed by atoms with van der Waals surface area (Å²) in [5.41, 5.74) is 4.50. The summed E-state index contributed by atoms with van der Waals surface area (Å²) in [4.78, 5) is 25.8. The van der Waals surface area contributed by atoms with Crippen molar-refractivity contribution in [3.05, 3.63) is 51.9 Å². The van der Waals surface area contributed by atoms with Crippen molar-refractivity contribution in [2.45, 2.75) is 0 Å². The van der Waals surface area contributed by atoms with Crippen LogP contribution in [0.15, 0.2) is 34.9 Å². The highest BCUT2D eigenvalue weighted by Gasteiger charge is 2.16. The topological polar surface area (TPSA) is 103 Å². The monoisotopic (exact) mass is 354 g/mol. The Morgan fingerprint density at radius 3 is 2.57 bits per heavy atom. The number of carboxylic acids is 1. The van der Waals surface area contributed by atoms with Gasteiger partial charge in [0.1, 0.15) is 17.1 Å². The number of carbonyl (C=O) groups excluding carboxylic acids is 1. The molecule has 0 unspecified atom stereocenters. The number of aromatic nitrogens is 1. The van der Waals surface area contributed by atoms with Crippen molar-refractivity contribution in [2.24, 2.45) is 5.73 Å². The molecule has 0 saturated heterocycles. The number of nitrogens with two attached hydrogens (primary N) is 1. The number of ether oxygens (including phenoxy) is 1. The van der Waals surface area contributed by atoms with Crippen molar-refractivity contribution in [3.8, 4) is 11.6 Å². The highest BCUT2D eigenvalue weighted by molar-refractivity contribution is 9.10. The van der Waals surface area contributed by atoms with Gasteiger partial charge in [-0.3, -0.25) is 4.79 Å². The molecule has 1 aromatic heterocycles. The largest absolute Gasteiger partial charge is 0.477 e. The number of carbonyl (C=O) groups is 2. The normalized spacial score (nSPS) is 10.2. The number of benzene rings is 1. The number of hydrogen-bond donors (Lipinski definition) is 2. The fraction of sp³-hybridized carbons (Fsp3) is 0. The summed E-state index contributed by atoms with van der Waals surface area (Å²) in [6, 6.07) is 4.67. The summed E-state index contributed by atoms with van der Waals surface area (Å²) in [7, 11) is 0. The van der Waals surface area contributed by atoms with Gasteiger partial charge in [-0.15, -0.1) is 0 Å². The van der Waals surface area contributed by atoms with Crippen molar-refractivity contribution in [2.75, 3.05) is 0 Å². The molecule has 8 heteroatoms. The molecule has 3 N–H and O–H groups in total. The number of amides is 1. The smallest absolute Gasteiger partial charge is 0.341 e. The van der Waals surface area contributed by atoms with Crippen LogP contribution in [0.2, 0.25) is 0 Å². The molecule has 0 radical (unpaired) electrons. The van der Waals surface area contributed by atoms with Crippen LogP contribution in [-0.2, 0) is 0 Å². The van der Waals surface area contributed by atoms with Gasteiger partial charge in [-0.05, 0) is 34.1 Å². The first kappa shape index (κ1) is 14.9. The molecule has 0 bridgehead atoms. The summed E-state index contributed by atoms with van der Waals surface area (Å²) in [6.07, 6.45) is 1.34. The van der Waals surface area contributed by atoms with Crippen LogP contribution in [0.5, 0.6) is 11.6 Å². The molecular weight excluding hydrogens is 347 g/mol. The molecule has 0 atom stereocenters. The number of pyridine rings is 1. The van der Waals surface area contributed by atoms with Crippen LogP contribution >= 0.6 is 15.9 Å². The second kappa shape index (κ2) is 5.88. The standard InChI is InChI=1S/C13H8BrFN2O4/c14-6-3-9(13(19)20)12(17-5-6)21-7-1-2-8(11(16)18)10(15)4-7/h1-5H,(H2,16,18)(H,19,20). The van der Waals surface area contributed by atoms with Crippen LogP contribution in [0, 0.1) is 5.82 Å². The molecule has 0 saturated carbocycles. The number of halogens is 2. The van der Waals surface area contributed by atoms with Gasteiger partial charge in [0.25, 0.3) is 5.91 Å². The maximum atomic E-state index is 13.6. The van der Waals surface area contributed by atoms with Gasteiger partial charge in [-0.2, -0.15) is 0 Å². The number of rotatable bonds is 4. The fourth-order valence-electron chi connectivity index (χ4n) is 1.53. The number of primary amides is 1. The maximum absolute atomic E-state index is 13.6. The van der Waals surface area contributed by atoms with Crippen LogP contribution in [0.1, 0.15) is 20.7 Å². The predicted molar refractivity (Wildman–Crippen MR) is 73.9 cm³/mol. The van der Waals surface area contributed by atoms with Gasteiger partial charge in [-0.25, -0.2) is 14.2 Å². The zero-order valence-electron chi connectivity index (χ0n) is 10.3. The van der Waals surface area contributed by atoms with Crippen molar-refractivity contribution in [1.82, 2.24) is 4.98 Å². The van der Waals surface area contributed by atoms with Crippen LogP contribution < -0.4 is 10.5 Å². The van der Waals surface area contributed by atoms with Gasteiger partial charge in [0.05, 0.1) is 5.56 Å². The maximum Gasteiger partial charge on any atom is 0.341 e. The molecule has 21 heavy (non-hydrogen) atoms. The van der Waals surface area contributed by atoms with Gasteiger partial charge >= 0.3 is 5.97 Å². The van der Waals surface area contributed by atoms with Gasteiger partial charge in [-0.1, -0.05) is 0 Å². The lowest BCUT2D eigenvalue weighted by Crippen LogP contribution is -2.13. The third kappa shape index (κ3) is 3.34. The minimum absolute atomic E-state index is 0.00479. The predicted octanol–water partition coefficient (Wildman–Crippen LogP) is 2.57. The minimum atomic E-state index is -1.24. The van der Waals surface area contributed by atoms with Crippen molar-refractivity contribution in [1.29, 1.82) is 0 Å². The highest BCUT2D eigenvalue weighted by atomic mass is 79.9. The van der Waals surface area contributed by atoms with Crippen molar-refractivity contribution in [3.63, 3.8) is 0 Å². The zero-order valence-corrected chi connectivity index (χ0v) is 11.9. The van der Waals surface area contributed by atoms with Crippen LogP contribution in [0.4, 0.5) is 4.39 Å². The van der Waals surface area contributed by atoms with Gasteiger partial charge < -0.3 is 15.6 Å². The van der Waals surface area contributed by atoms with E-state index >= 15 is 0 Å². The van der Waals surface area contributed by atoms with E-state index in [4.69, 9.17) is 15.6 Å². The summed E-state index contributed by atoms with van der Waals surface area (Å²) >= 11 is 3.09. The highest BCUT2D eigenvalue weighted by Crippen LogP contribution is 2.26. The number of hydrogen-bond acceptors (Lipinski definition) is 4. The number of carboxylic acid groups (broad SMARTS) is 1. The average molecular weight is 355 g/mol. The van der Waals surface area contributed by atoms with Gasteiger partial charge in [0, 0.05) is 16.7 Å². The molecule has 2 aromatic rings. The lowest BCUT2D eigenvalue weighted by Gasteiger charge is -2.08. The molecule has 1 heterocycles. The summed E-state index contributed by atoms with van der Waals surface area (Å²) in [5, 5.41) is 9.06. The second-order valence-electron chi connectivity index (χ2n) is 3.92. The Morgan fingerprint density at radius 2 is 2.00 bits per heavy atom. The first-order valence-electron chi connectivity index (χ1n) is 5.54. The molecule has 108 valence electrons. The van der Waals surface area contributed by atoms with Crippen LogP contribution in [0.3, 0.4) is 0 Å². The van der Waals surface area contributed by atoms with E-state index < -0.39 is 17.7 Å². The van der Waals surface area contributed by atoms with Crippen LogP contribution in [0.25, 0.3) is 0 Å². The third-order valence-electron chi connectivity index (χ3n) is 2.47. The van der Waals surface area contributed by atoms with E-state index in [9.17, 15) is 14.0 Å². The Bertz CT molecular complexity index is 736. The van der Waals surface area contributed by atoms with E-state index in [1.165, 1.54) is 18.3 Å². The van der Waals surface area contributed by atoms with E-state index in [1.54, 1.807) is 0 Å². The Kier molecular flexibility index (Phi) is 4.18. The quantitative estimate of drug-likeness (QED) is 0.878. The summed E-state index contributed by atoms with van der Waals surface area (Å²) < 4.78 is 19.3. The Hall–Kier alpha value is -2.48. The molecule has 1 amide bonds. The fourth-order valence-corrected chi connectivity index (χ4v) is 1.86. The van der Waals surface area contributed by atoms with E-state index in [1.807, 2.05) is 0 Å². The molecule has 0 aliphatic carbocycles. The Morgan fingerprint density at radius 1 is 1.29 bits per heavy atom. The summed E-state index contributed by atoms with van der Waals surface area (Å²) in [5.74, 6) is -3.22. The van der Waals surface area contributed by atoms with E-state index in [0.29, 0.717) is 4.47 Å². The lowest BCUT2D eigenvalue weighted by atomic mass is 10.2. The zero-order chi connectivity index (χ0) is 15.6. The second-order valence-corrected chi connectivity index (χ2v) is 4.84. The van der Waals surface area contributed by atoms with Gasteiger partial charge in [0.15, 0.2) is 0 Å².